The number of carbonyl (C=O) groups is 1. The highest BCUT2D eigenvalue weighted by atomic mass is 35.5. The van der Waals surface area contributed by atoms with Crippen molar-refractivity contribution >= 4 is 28.3 Å². The summed E-state index contributed by atoms with van der Waals surface area (Å²) in [4.78, 5) is 11.9. The molecule has 0 saturated carbocycles. The molecule has 0 bridgehead atoms. The highest BCUT2D eigenvalue weighted by Crippen LogP contribution is 2.22. The van der Waals surface area contributed by atoms with E-state index in [1.54, 1.807) is 6.07 Å². The molecule has 1 amide bonds. The molecule has 1 saturated heterocycles. The third-order valence-corrected chi connectivity index (χ3v) is 4.54. The molecule has 0 aliphatic carbocycles. The Morgan fingerprint density at radius 3 is 2.67 bits per heavy atom. The lowest BCUT2D eigenvalue weighted by Crippen LogP contribution is -2.39. The Labute approximate surface area is 113 Å². The predicted molar refractivity (Wildman–Crippen MR) is 71.5 cm³/mol. The topological polar surface area (TPSA) is 66.4 Å². The molecule has 98 valence electrons. The van der Waals surface area contributed by atoms with Crippen LogP contribution in [-0.2, 0) is 10.8 Å². The first-order valence-corrected chi connectivity index (χ1v) is 7.57. The van der Waals surface area contributed by atoms with E-state index in [9.17, 15) is 14.1 Å². The van der Waals surface area contributed by atoms with Crippen LogP contribution >= 0.6 is 11.6 Å². The Morgan fingerprint density at radius 1 is 1.39 bits per heavy atom. The second kappa shape index (κ2) is 5.71. The van der Waals surface area contributed by atoms with Crippen LogP contribution in [0.15, 0.2) is 18.2 Å². The number of halogens is 1. The number of hydrogen-bond donors (Lipinski definition) is 2. The van der Waals surface area contributed by atoms with Crippen LogP contribution in [0.3, 0.4) is 0 Å². The van der Waals surface area contributed by atoms with E-state index in [1.807, 2.05) is 0 Å². The van der Waals surface area contributed by atoms with Gasteiger partial charge in [0, 0.05) is 33.4 Å². The van der Waals surface area contributed by atoms with Crippen LogP contribution in [-0.4, -0.2) is 32.8 Å². The number of nitrogens with one attached hydrogen (secondary N) is 1. The number of carbonyl (C=O) groups excluding carboxylic acids is 1. The Balaban J connectivity index is 2.01. The molecule has 1 aliphatic heterocycles. The summed E-state index contributed by atoms with van der Waals surface area (Å²) in [6, 6.07) is 4.43. The van der Waals surface area contributed by atoms with E-state index in [-0.39, 0.29) is 23.3 Å². The Hall–Kier alpha value is -1.07. The predicted octanol–water partition coefficient (Wildman–Crippen LogP) is 1.69. The SMILES string of the molecule is O=C(NC1CCS(=O)CC1)c1ccc(Cl)cc1O. The molecular weight excluding hydrogens is 274 g/mol. The van der Waals surface area contributed by atoms with Gasteiger partial charge in [0.15, 0.2) is 0 Å². The van der Waals surface area contributed by atoms with Crippen LogP contribution in [0, 0.1) is 0 Å². The monoisotopic (exact) mass is 287 g/mol. The van der Waals surface area contributed by atoms with Gasteiger partial charge < -0.3 is 10.4 Å². The summed E-state index contributed by atoms with van der Waals surface area (Å²) < 4.78 is 11.2. The highest BCUT2D eigenvalue weighted by Gasteiger charge is 2.21. The molecule has 2 N–H and O–H groups in total. The first-order chi connectivity index (χ1) is 8.56. The van der Waals surface area contributed by atoms with Crippen molar-refractivity contribution in [3.05, 3.63) is 28.8 Å². The zero-order chi connectivity index (χ0) is 13.1. The van der Waals surface area contributed by atoms with Crippen LogP contribution < -0.4 is 5.32 Å². The van der Waals surface area contributed by atoms with E-state index in [0.717, 1.165) is 0 Å². The van der Waals surface area contributed by atoms with E-state index < -0.39 is 10.8 Å². The molecule has 0 spiro atoms. The Bertz CT molecular complexity index is 482. The number of aromatic hydroxyl groups is 1. The molecule has 2 rings (SSSR count). The van der Waals surface area contributed by atoms with E-state index >= 15 is 0 Å². The quantitative estimate of drug-likeness (QED) is 0.870. The molecule has 4 nitrogen and oxygen atoms in total. The summed E-state index contributed by atoms with van der Waals surface area (Å²) in [5.74, 6) is 0.802. The normalized spacial score (nSPS) is 23.6. The maximum Gasteiger partial charge on any atom is 0.255 e. The average Bonchev–Trinajstić information content (AvgIpc) is 2.32. The minimum atomic E-state index is -0.746. The van der Waals surface area contributed by atoms with Crippen LogP contribution in [0.5, 0.6) is 5.75 Å². The molecule has 1 aromatic carbocycles. The summed E-state index contributed by atoms with van der Waals surface area (Å²) in [5.41, 5.74) is 0.214. The Morgan fingerprint density at radius 2 is 2.06 bits per heavy atom. The van der Waals surface area contributed by atoms with Crippen LogP contribution in [0.1, 0.15) is 23.2 Å². The first-order valence-electron chi connectivity index (χ1n) is 5.70. The lowest BCUT2D eigenvalue weighted by molar-refractivity contribution is 0.0932. The van der Waals surface area contributed by atoms with E-state index in [2.05, 4.69) is 5.32 Å². The van der Waals surface area contributed by atoms with Gasteiger partial charge in [-0.2, -0.15) is 0 Å². The zero-order valence-electron chi connectivity index (χ0n) is 9.69. The fraction of sp³-hybridized carbons (Fsp3) is 0.417. The minimum absolute atomic E-state index is 0.0327. The lowest BCUT2D eigenvalue weighted by Gasteiger charge is -2.22. The second-order valence-electron chi connectivity index (χ2n) is 4.26. The molecular formula is C12H14ClNO3S. The summed E-state index contributed by atoms with van der Waals surface area (Å²) in [6.45, 7) is 0. The summed E-state index contributed by atoms with van der Waals surface area (Å²) >= 11 is 5.70. The summed E-state index contributed by atoms with van der Waals surface area (Å²) in [6.07, 6.45) is 1.43. The van der Waals surface area contributed by atoms with Gasteiger partial charge in [0.1, 0.15) is 5.75 Å². The molecule has 1 aliphatic rings. The third kappa shape index (κ3) is 3.23. The highest BCUT2D eigenvalue weighted by molar-refractivity contribution is 7.85. The average molecular weight is 288 g/mol. The van der Waals surface area contributed by atoms with Crippen molar-refractivity contribution in [3.8, 4) is 5.75 Å². The smallest absolute Gasteiger partial charge is 0.255 e. The van der Waals surface area contributed by atoms with Crippen molar-refractivity contribution in [2.24, 2.45) is 0 Å². The standard InChI is InChI=1S/C12H14ClNO3S/c13-8-1-2-10(11(15)7-8)12(16)14-9-3-5-18(17)6-4-9/h1-2,7,9,15H,3-6H2,(H,14,16). The molecule has 1 heterocycles. The first kappa shape index (κ1) is 13.4. The van der Waals surface area contributed by atoms with Crippen molar-refractivity contribution in [2.45, 2.75) is 18.9 Å². The maximum atomic E-state index is 11.9. The number of rotatable bonds is 2. The van der Waals surface area contributed by atoms with Gasteiger partial charge in [0.25, 0.3) is 5.91 Å². The van der Waals surface area contributed by atoms with Gasteiger partial charge in [0.2, 0.25) is 0 Å². The molecule has 0 atom stereocenters. The van der Waals surface area contributed by atoms with Crippen molar-refractivity contribution < 1.29 is 14.1 Å². The fourth-order valence-corrected chi connectivity index (χ4v) is 3.36. The van der Waals surface area contributed by atoms with Gasteiger partial charge in [-0.3, -0.25) is 9.00 Å². The van der Waals surface area contributed by atoms with Crippen LogP contribution in [0.2, 0.25) is 5.02 Å². The Kier molecular flexibility index (Phi) is 4.24. The fourth-order valence-electron chi connectivity index (χ4n) is 1.90. The number of hydrogen-bond acceptors (Lipinski definition) is 3. The molecule has 6 heteroatoms. The van der Waals surface area contributed by atoms with Crippen molar-refractivity contribution in [1.82, 2.24) is 5.32 Å². The van der Waals surface area contributed by atoms with Gasteiger partial charge in [-0.15, -0.1) is 0 Å². The maximum absolute atomic E-state index is 11.9. The number of benzene rings is 1. The largest absolute Gasteiger partial charge is 0.507 e. The number of phenols is 1. The van der Waals surface area contributed by atoms with Gasteiger partial charge in [-0.1, -0.05) is 11.6 Å². The van der Waals surface area contributed by atoms with E-state index in [0.29, 0.717) is 29.4 Å². The molecule has 18 heavy (non-hydrogen) atoms. The van der Waals surface area contributed by atoms with Crippen LogP contribution in [0.25, 0.3) is 0 Å². The third-order valence-electron chi connectivity index (χ3n) is 2.93. The lowest BCUT2D eigenvalue weighted by atomic mass is 10.1. The minimum Gasteiger partial charge on any atom is -0.507 e. The van der Waals surface area contributed by atoms with Crippen molar-refractivity contribution in [1.29, 1.82) is 0 Å². The number of phenolic OH excluding ortho intramolecular Hbond substituents is 1. The van der Waals surface area contributed by atoms with Crippen molar-refractivity contribution in [3.63, 3.8) is 0 Å². The molecule has 1 fully saturated rings. The van der Waals surface area contributed by atoms with Gasteiger partial charge in [-0.05, 0) is 31.0 Å². The molecule has 0 aromatic heterocycles. The summed E-state index contributed by atoms with van der Waals surface area (Å²) in [5, 5.41) is 12.9. The van der Waals surface area contributed by atoms with E-state index in [4.69, 9.17) is 11.6 Å². The van der Waals surface area contributed by atoms with E-state index in [1.165, 1.54) is 12.1 Å². The molecule has 0 unspecified atom stereocenters. The number of amides is 1. The molecule has 1 aromatic rings. The second-order valence-corrected chi connectivity index (χ2v) is 6.39. The van der Waals surface area contributed by atoms with Gasteiger partial charge in [0.05, 0.1) is 5.56 Å². The van der Waals surface area contributed by atoms with Gasteiger partial charge in [-0.25, -0.2) is 0 Å². The summed E-state index contributed by atoms with van der Waals surface area (Å²) in [7, 11) is -0.746. The van der Waals surface area contributed by atoms with Crippen molar-refractivity contribution in [2.75, 3.05) is 11.5 Å². The zero-order valence-corrected chi connectivity index (χ0v) is 11.3. The van der Waals surface area contributed by atoms with Crippen LogP contribution in [0.4, 0.5) is 0 Å². The van der Waals surface area contributed by atoms with Gasteiger partial charge >= 0.3 is 0 Å². The molecule has 0 radical (unpaired) electrons.